The van der Waals surface area contributed by atoms with Crippen molar-refractivity contribution in [2.75, 3.05) is 13.2 Å². The van der Waals surface area contributed by atoms with Crippen molar-refractivity contribution in [1.29, 1.82) is 0 Å². The molecular weight excluding hydrogens is 148 g/mol. The van der Waals surface area contributed by atoms with Gasteiger partial charge in [-0.25, -0.2) is 0 Å². The summed E-state index contributed by atoms with van der Waals surface area (Å²) in [7, 11) is 0. The van der Waals surface area contributed by atoms with Gasteiger partial charge >= 0.3 is 0 Å². The first-order valence-electron chi connectivity index (χ1n) is 3.03. The Labute approximate surface area is 62.2 Å². The summed E-state index contributed by atoms with van der Waals surface area (Å²) in [4.78, 5) is 5.18. The van der Waals surface area contributed by atoms with Crippen LogP contribution in [0.1, 0.15) is 6.42 Å². The monoisotopic (exact) mass is 154 g/mol. The molecule has 0 amide bonds. The topological polar surface area (TPSA) is 107 Å². The van der Waals surface area contributed by atoms with Crippen molar-refractivity contribution in [2.45, 2.75) is 12.1 Å². The first kappa shape index (κ1) is 7.68. The lowest BCUT2D eigenvalue weighted by Crippen LogP contribution is -2.21. The average Bonchev–Trinajstić information content (AvgIpc) is 2.39. The van der Waals surface area contributed by atoms with E-state index in [9.17, 15) is 0 Å². The molecule has 0 aliphatic carbocycles. The minimum atomic E-state index is -1.01. The third-order valence-corrected chi connectivity index (χ3v) is 1.44. The highest BCUT2D eigenvalue weighted by Gasteiger charge is 2.32. The van der Waals surface area contributed by atoms with Crippen molar-refractivity contribution in [1.82, 2.24) is 0 Å². The fourth-order valence-electron chi connectivity index (χ4n) is 0.888. The van der Waals surface area contributed by atoms with Crippen molar-refractivity contribution in [2.24, 2.45) is 10.2 Å². The summed E-state index contributed by atoms with van der Waals surface area (Å²) < 4.78 is 4.94. The Balaban J connectivity index is 2.86. The van der Waals surface area contributed by atoms with Gasteiger partial charge in [-0.3, -0.25) is 0 Å². The van der Waals surface area contributed by atoms with Gasteiger partial charge in [0, 0.05) is 16.4 Å². The molecule has 0 radical (unpaired) electrons. The number of hydrogen-bond acceptors (Lipinski definition) is 3. The second-order valence-electron chi connectivity index (χ2n) is 2.16. The van der Waals surface area contributed by atoms with Crippen molar-refractivity contribution >= 4 is 0 Å². The number of ether oxygens (including phenoxy) is 1. The molecule has 0 aromatic rings. The summed E-state index contributed by atoms with van der Waals surface area (Å²) in [5, 5.41) is 6.76. The molecule has 0 N–H and O–H groups in total. The fraction of sp³-hybridized carbons (Fsp3) is 1.00. The molecule has 0 bridgehead atoms. The first-order chi connectivity index (χ1) is 5.33. The van der Waals surface area contributed by atoms with Gasteiger partial charge in [-0.1, -0.05) is 10.2 Å². The lowest BCUT2D eigenvalue weighted by atomic mass is 10.2. The number of nitrogens with zero attached hydrogens (tertiary/aromatic N) is 6. The molecule has 1 rings (SSSR count). The molecule has 0 aromatic carbocycles. The maximum atomic E-state index is 8.14. The van der Waals surface area contributed by atoms with Crippen LogP contribution < -0.4 is 0 Å². The van der Waals surface area contributed by atoms with E-state index in [2.05, 4.69) is 20.1 Å². The van der Waals surface area contributed by atoms with E-state index >= 15 is 0 Å². The van der Waals surface area contributed by atoms with Gasteiger partial charge in [-0.15, -0.1) is 0 Å². The van der Waals surface area contributed by atoms with Crippen LogP contribution in [0.25, 0.3) is 20.9 Å². The van der Waals surface area contributed by atoms with Crippen LogP contribution in [0.5, 0.6) is 0 Å². The SMILES string of the molecule is [N-]=[N+]=NC1(N=[N+]=[N-])CCOC1. The summed E-state index contributed by atoms with van der Waals surface area (Å²) >= 11 is 0. The second-order valence-corrected chi connectivity index (χ2v) is 2.16. The predicted octanol–water partition coefficient (Wildman–Crippen LogP) is 1.72. The van der Waals surface area contributed by atoms with E-state index < -0.39 is 5.66 Å². The zero-order chi connectivity index (χ0) is 8.16. The van der Waals surface area contributed by atoms with Crippen molar-refractivity contribution in [3.8, 4) is 0 Å². The quantitative estimate of drug-likeness (QED) is 0.337. The third kappa shape index (κ3) is 1.53. The minimum absolute atomic E-state index is 0.182. The van der Waals surface area contributed by atoms with Gasteiger partial charge in [0.25, 0.3) is 0 Å². The summed E-state index contributed by atoms with van der Waals surface area (Å²) in [5.41, 5.74) is 15.3. The van der Waals surface area contributed by atoms with Gasteiger partial charge in [0.1, 0.15) is 0 Å². The Morgan fingerprint density at radius 3 is 2.27 bits per heavy atom. The van der Waals surface area contributed by atoms with Gasteiger partial charge in [0.2, 0.25) is 0 Å². The highest BCUT2D eigenvalue weighted by atomic mass is 16.5. The first-order valence-corrected chi connectivity index (χ1v) is 3.03. The van der Waals surface area contributed by atoms with Crippen LogP contribution in [-0.2, 0) is 4.74 Å². The van der Waals surface area contributed by atoms with E-state index in [0.717, 1.165) is 0 Å². The zero-order valence-electron chi connectivity index (χ0n) is 5.71. The van der Waals surface area contributed by atoms with Crippen LogP contribution in [-0.4, -0.2) is 18.9 Å². The summed E-state index contributed by atoms with van der Waals surface area (Å²) in [6.45, 7) is 0.652. The van der Waals surface area contributed by atoms with E-state index in [0.29, 0.717) is 13.0 Å². The van der Waals surface area contributed by atoms with Crippen molar-refractivity contribution in [3.05, 3.63) is 20.9 Å². The molecule has 11 heavy (non-hydrogen) atoms. The molecule has 7 heteroatoms. The van der Waals surface area contributed by atoms with Crippen molar-refractivity contribution in [3.63, 3.8) is 0 Å². The molecule has 1 aliphatic rings. The molecule has 58 valence electrons. The standard InChI is InChI=1S/C4H6N6O/c5-9-7-4(8-10-6)1-2-11-3-4/h1-3H2. The minimum Gasteiger partial charge on any atom is -0.381 e. The van der Waals surface area contributed by atoms with E-state index in [1.165, 1.54) is 0 Å². The second kappa shape index (κ2) is 3.12. The normalized spacial score (nSPS) is 28.7. The molecule has 0 saturated carbocycles. The Bertz CT molecular complexity index is 211. The molecule has 1 heterocycles. The molecular formula is C4H6N6O. The lowest BCUT2D eigenvalue weighted by Gasteiger charge is -2.10. The van der Waals surface area contributed by atoms with E-state index in [4.69, 9.17) is 15.8 Å². The molecule has 0 spiro atoms. The number of hydrogen-bond donors (Lipinski definition) is 0. The molecule has 0 atom stereocenters. The molecule has 0 aromatic heterocycles. The van der Waals surface area contributed by atoms with E-state index in [1.54, 1.807) is 0 Å². The Kier molecular flexibility index (Phi) is 2.18. The van der Waals surface area contributed by atoms with Gasteiger partial charge in [0.15, 0.2) is 5.66 Å². The highest BCUT2D eigenvalue weighted by molar-refractivity contribution is 4.89. The summed E-state index contributed by atoms with van der Waals surface area (Å²) in [6.07, 6.45) is 0.459. The molecule has 1 fully saturated rings. The predicted molar refractivity (Wildman–Crippen MR) is 36.5 cm³/mol. The number of azide groups is 1. The summed E-state index contributed by atoms with van der Waals surface area (Å²) in [5.74, 6) is 0. The third-order valence-electron chi connectivity index (χ3n) is 1.44. The smallest absolute Gasteiger partial charge is 0.152 e. The van der Waals surface area contributed by atoms with E-state index in [1.807, 2.05) is 0 Å². The van der Waals surface area contributed by atoms with Crippen LogP contribution in [0.3, 0.4) is 0 Å². The Morgan fingerprint density at radius 2 is 1.91 bits per heavy atom. The van der Waals surface area contributed by atoms with Gasteiger partial charge in [-0.2, -0.15) is 0 Å². The fourth-order valence-corrected chi connectivity index (χ4v) is 0.888. The maximum absolute atomic E-state index is 8.14. The Morgan fingerprint density at radius 1 is 1.27 bits per heavy atom. The van der Waals surface area contributed by atoms with Crippen molar-refractivity contribution < 1.29 is 4.74 Å². The molecule has 0 unspecified atom stereocenters. The van der Waals surface area contributed by atoms with Crippen LogP contribution in [0.15, 0.2) is 10.2 Å². The molecule has 1 saturated heterocycles. The van der Waals surface area contributed by atoms with Gasteiger partial charge in [0.05, 0.1) is 6.61 Å². The van der Waals surface area contributed by atoms with Crippen LogP contribution in [0.2, 0.25) is 0 Å². The van der Waals surface area contributed by atoms with Gasteiger partial charge in [-0.05, 0) is 17.5 Å². The highest BCUT2D eigenvalue weighted by Crippen LogP contribution is 2.24. The Hall–Kier alpha value is -1.42. The summed E-state index contributed by atoms with van der Waals surface area (Å²) in [6, 6.07) is 0. The molecule has 7 nitrogen and oxygen atoms in total. The van der Waals surface area contributed by atoms with Crippen LogP contribution in [0, 0.1) is 0 Å². The molecule has 1 aliphatic heterocycles. The largest absolute Gasteiger partial charge is 0.381 e. The maximum Gasteiger partial charge on any atom is 0.152 e. The number of rotatable bonds is 2. The average molecular weight is 154 g/mol. The van der Waals surface area contributed by atoms with Crippen LogP contribution in [0.4, 0.5) is 0 Å². The van der Waals surface area contributed by atoms with E-state index in [-0.39, 0.29) is 6.61 Å². The zero-order valence-corrected chi connectivity index (χ0v) is 5.71. The van der Waals surface area contributed by atoms with Crippen LogP contribution >= 0.6 is 0 Å². The van der Waals surface area contributed by atoms with Gasteiger partial charge < -0.3 is 4.74 Å². The lowest BCUT2D eigenvalue weighted by molar-refractivity contribution is 0.179.